The van der Waals surface area contributed by atoms with Gasteiger partial charge in [0.15, 0.2) is 0 Å². The van der Waals surface area contributed by atoms with Gasteiger partial charge in [0, 0.05) is 11.3 Å². The van der Waals surface area contributed by atoms with Gasteiger partial charge in [0.25, 0.3) is 0 Å². The molecule has 1 aromatic carbocycles. The Morgan fingerprint density at radius 1 is 1.44 bits per heavy atom. The van der Waals surface area contributed by atoms with Crippen LogP contribution in [0, 0.1) is 6.92 Å². The number of ether oxygens (including phenoxy) is 1. The van der Waals surface area contributed by atoms with Crippen LogP contribution in [0.1, 0.15) is 18.1 Å². The molecule has 4 N–H and O–H groups in total. The summed E-state index contributed by atoms with van der Waals surface area (Å²) in [6.07, 6.45) is 1.61. The van der Waals surface area contributed by atoms with Crippen molar-refractivity contribution in [3.05, 3.63) is 29.0 Å². The van der Waals surface area contributed by atoms with Gasteiger partial charge in [0.05, 0.1) is 5.69 Å². The molecule has 0 aromatic heterocycles. The number of hydrogen-bond acceptors (Lipinski definition) is 3. The van der Waals surface area contributed by atoms with Crippen LogP contribution in [0.25, 0.3) is 6.08 Å². The van der Waals surface area contributed by atoms with E-state index in [-0.39, 0.29) is 11.4 Å². The second-order valence-corrected chi connectivity index (χ2v) is 3.53. The van der Waals surface area contributed by atoms with E-state index in [1.54, 1.807) is 26.0 Å². The highest BCUT2D eigenvalue weighted by molar-refractivity contribution is 5.72. The molecule has 88 valence electrons. The smallest absolute Gasteiger partial charge is 0.387 e. The zero-order valence-electron chi connectivity index (χ0n) is 9.13. The fourth-order valence-corrected chi connectivity index (χ4v) is 1.35. The lowest BCUT2D eigenvalue weighted by molar-refractivity contribution is -0.0493. The Labute approximate surface area is 92.7 Å². The first-order chi connectivity index (χ1) is 7.40. The van der Waals surface area contributed by atoms with Crippen LogP contribution in [-0.4, -0.2) is 6.61 Å². The van der Waals surface area contributed by atoms with Gasteiger partial charge in [-0.15, -0.1) is 0 Å². The minimum Gasteiger partial charge on any atom is -0.433 e. The van der Waals surface area contributed by atoms with Crippen molar-refractivity contribution < 1.29 is 13.5 Å². The van der Waals surface area contributed by atoms with Crippen LogP contribution >= 0.6 is 0 Å². The zero-order chi connectivity index (χ0) is 12.3. The Hall–Kier alpha value is -1.78. The number of hydrogen-bond donors (Lipinski definition) is 2. The second-order valence-electron chi connectivity index (χ2n) is 3.53. The van der Waals surface area contributed by atoms with Gasteiger partial charge in [-0.25, -0.2) is 0 Å². The van der Waals surface area contributed by atoms with Crippen molar-refractivity contribution in [3.8, 4) is 5.75 Å². The van der Waals surface area contributed by atoms with Gasteiger partial charge >= 0.3 is 6.61 Å². The van der Waals surface area contributed by atoms with E-state index < -0.39 is 6.61 Å². The summed E-state index contributed by atoms with van der Waals surface area (Å²) in [6, 6.07) is 3.22. The number of aryl methyl sites for hydroxylation is 1. The predicted octanol–water partition coefficient (Wildman–Crippen LogP) is 2.50. The highest BCUT2D eigenvalue weighted by Gasteiger charge is 2.11. The molecule has 1 rings (SSSR count). The van der Waals surface area contributed by atoms with Crippen LogP contribution in [0.4, 0.5) is 14.5 Å². The first-order valence-electron chi connectivity index (χ1n) is 4.69. The maximum atomic E-state index is 12.1. The van der Waals surface area contributed by atoms with Crippen molar-refractivity contribution in [1.82, 2.24) is 0 Å². The molecule has 0 heterocycles. The Morgan fingerprint density at radius 3 is 2.56 bits per heavy atom. The first-order valence-corrected chi connectivity index (χ1v) is 4.69. The highest BCUT2D eigenvalue weighted by Crippen LogP contribution is 2.29. The maximum absolute atomic E-state index is 12.1. The third-order valence-electron chi connectivity index (χ3n) is 1.92. The number of nitrogen functional groups attached to an aromatic ring is 1. The van der Waals surface area contributed by atoms with Crippen LogP contribution in [-0.2, 0) is 0 Å². The molecule has 0 aliphatic carbocycles. The molecular formula is C11H14F2N2O. The molecule has 0 spiro atoms. The van der Waals surface area contributed by atoms with Gasteiger partial charge in [0.1, 0.15) is 5.75 Å². The van der Waals surface area contributed by atoms with Crippen molar-refractivity contribution in [3.63, 3.8) is 0 Å². The molecule has 0 atom stereocenters. The lowest BCUT2D eigenvalue weighted by atomic mass is 10.1. The molecule has 0 fully saturated rings. The number of rotatable bonds is 3. The molecule has 0 unspecified atom stereocenters. The summed E-state index contributed by atoms with van der Waals surface area (Å²) in [6.45, 7) is 0.566. The number of allylic oxidation sites excluding steroid dienone is 1. The van der Waals surface area contributed by atoms with E-state index in [2.05, 4.69) is 4.74 Å². The molecule has 0 aliphatic rings. The summed E-state index contributed by atoms with van der Waals surface area (Å²) in [5, 5.41) is 0. The summed E-state index contributed by atoms with van der Waals surface area (Å²) < 4.78 is 28.5. The SMILES string of the molecule is C/C(N)=C/c1cc(C)cc(OC(F)F)c1N. The van der Waals surface area contributed by atoms with Gasteiger partial charge < -0.3 is 16.2 Å². The molecule has 0 saturated carbocycles. The van der Waals surface area contributed by atoms with Gasteiger partial charge in [0.2, 0.25) is 0 Å². The Morgan fingerprint density at radius 2 is 2.06 bits per heavy atom. The summed E-state index contributed by atoms with van der Waals surface area (Å²) in [4.78, 5) is 0. The van der Waals surface area contributed by atoms with Crippen molar-refractivity contribution >= 4 is 11.8 Å². The highest BCUT2D eigenvalue weighted by atomic mass is 19.3. The van der Waals surface area contributed by atoms with Gasteiger partial charge in [-0.1, -0.05) is 0 Å². The fraction of sp³-hybridized carbons (Fsp3) is 0.273. The molecule has 0 aliphatic heterocycles. The molecule has 16 heavy (non-hydrogen) atoms. The predicted molar refractivity (Wildman–Crippen MR) is 60.1 cm³/mol. The van der Waals surface area contributed by atoms with Crippen LogP contribution in [0.5, 0.6) is 5.75 Å². The van der Waals surface area contributed by atoms with Crippen molar-refractivity contribution in [2.45, 2.75) is 20.5 Å². The molecule has 3 nitrogen and oxygen atoms in total. The molecule has 0 saturated heterocycles. The van der Waals surface area contributed by atoms with Crippen LogP contribution in [0.15, 0.2) is 17.8 Å². The van der Waals surface area contributed by atoms with Crippen molar-refractivity contribution in [2.75, 3.05) is 5.73 Å². The molecule has 1 aromatic rings. The topological polar surface area (TPSA) is 61.3 Å². The lowest BCUT2D eigenvalue weighted by Crippen LogP contribution is -2.06. The van der Waals surface area contributed by atoms with Gasteiger partial charge in [-0.05, 0) is 37.6 Å². The van der Waals surface area contributed by atoms with Gasteiger partial charge in [-0.3, -0.25) is 0 Å². The van der Waals surface area contributed by atoms with Crippen molar-refractivity contribution in [1.29, 1.82) is 0 Å². The molecule has 5 heteroatoms. The van der Waals surface area contributed by atoms with Crippen LogP contribution < -0.4 is 16.2 Å². The number of halogens is 2. The monoisotopic (exact) mass is 228 g/mol. The molecule has 0 amide bonds. The first kappa shape index (κ1) is 12.3. The summed E-state index contributed by atoms with van der Waals surface area (Å²) in [7, 11) is 0. The van der Waals surface area contributed by atoms with E-state index in [0.29, 0.717) is 11.3 Å². The molecule has 0 bridgehead atoms. The summed E-state index contributed by atoms with van der Waals surface area (Å²) in [5.41, 5.74) is 13.3. The molecular weight excluding hydrogens is 214 g/mol. The molecule has 0 radical (unpaired) electrons. The van der Waals surface area contributed by atoms with E-state index in [1.165, 1.54) is 6.07 Å². The largest absolute Gasteiger partial charge is 0.433 e. The van der Waals surface area contributed by atoms with Gasteiger partial charge in [-0.2, -0.15) is 8.78 Å². The van der Waals surface area contributed by atoms with Crippen LogP contribution in [0.2, 0.25) is 0 Å². The fourth-order valence-electron chi connectivity index (χ4n) is 1.35. The lowest BCUT2D eigenvalue weighted by Gasteiger charge is -2.11. The quantitative estimate of drug-likeness (QED) is 0.781. The van der Waals surface area contributed by atoms with Crippen molar-refractivity contribution in [2.24, 2.45) is 5.73 Å². The Balaban J connectivity index is 3.20. The average molecular weight is 228 g/mol. The number of alkyl halides is 2. The summed E-state index contributed by atoms with van der Waals surface area (Å²) in [5.74, 6) is -0.0255. The minimum absolute atomic E-state index is 0.0255. The average Bonchev–Trinajstić information content (AvgIpc) is 2.11. The standard InChI is InChI=1S/C11H14F2N2O/c1-6-3-8(5-7(2)14)10(15)9(4-6)16-11(12)13/h3-5,11H,14-15H2,1-2H3/b7-5-. The normalized spacial score (nSPS) is 11.9. The van der Waals surface area contributed by atoms with E-state index >= 15 is 0 Å². The Kier molecular flexibility index (Phi) is 3.71. The summed E-state index contributed by atoms with van der Waals surface area (Å²) >= 11 is 0. The third kappa shape index (κ3) is 3.12. The number of nitrogens with two attached hydrogens (primary N) is 2. The zero-order valence-corrected chi connectivity index (χ0v) is 9.13. The number of benzene rings is 1. The minimum atomic E-state index is -2.89. The maximum Gasteiger partial charge on any atom is 0.387 e. The van der Waals surface area contributed by atoms with E-state index in [9.17, 15) is 8.78 Å². The van der Waals surface area contributed by atoms with E-state index in [1.807, 2.05) is 0 Å². The van der Waals surface area contributed by atoms with E-state index in [0.717, 1.165) is 5.56 Å². The van der Waals surface area contributed by atoms with E-state index in [4.69, 9.17) is 11.5 Å². The third-order valence-corrected chi connectivity index (χ3v) is 1.92. The number of anilines is 1. The van der Waals surface area contributed by atoms with Crippen LogP contribution in [0.3, 0.4) is 0 Å². The Bertz CT molecular complexity index is 413. The second kappa shape index (κ2) is 4.83.